The minimum absolute atomic E-state index is 0.370. The normalized spacial score (nSPS) is 19.6. The van der Waals surface area contributed by atoms with Crippen LogP contribution in [0, 0.1) is 0 Å². The van der Waals surface area contributed by atoms with Gasteiger partial charge in [0.25, 0.3) is 0 Å². The van der Waals surface area contributed by atoms with Crippen molar-refractivity contribution in [3.05, 3.63) is 29.8 Å². The van der Waals surface area contributed by atoms with Gasteiger partial charge in [0, 0.05) is 12.6 Å². The first-order chi connectivity index (χ1) is 9.61. The molecule has 0 aliphatic heterocycles. The Hall–Kier alpha value is -1.06. The van der Waals surface area contributed by atoms with Gasteiger partial charge in [0.1, 0.15) is 5.75 Å². The van der Waals surface area contributed by atoms with E-state index in [2.05, 4.69) is 24.4 Å². The van der Waals surface area contributed by atoms with E-state index in [9.17, 15) is 5.11 Å². The van der Waals surface area contributed by atoms with Gasteiger partial charge in [0.2, 0.25) is 0 Å². The van der Waals surface area contributed by atoms with Gasteiger partial charge >= 0.3 is 0 Å². The van der Waals surface area contributed by atoms with Crippen LogP contribution < -0.4 is 10.1 Å². The van der Waals surface area contributed by atoms with Gasteiger partial charge in [0.15, 0.2) is 0 Å². The van der Waals surface area contributed by atoms with Crippen molar-refractivity contribution in [3.63, 3.8) is 0 Å². The first kappa shape index (κ1) is 15.3. The van der Waals surface area contributed by atoms with Crippen molar-refractivity contribution in [2.75, 3.05) is 13.7 Å². The van der Waals surface area contributed by atoms with Crippen LogP contribution in [0.3, 0.4) is 0 Å². The van der Waals surface area contributed by atoms with Crippen LogP contribution in [-0.2, 0) is 6.42 Å². The molecule has 20 heavy (non-hydrogen) atoms. The van der Waals surface area contributed by atoms with E-state index in [1.165, 1.54) is 12.0 Å². The highest BCUT2D eigenvalue weighted by molar-refractivity contribution is 5.27. The maximum atomic E-state index is 10.5. The monoisotopic (exact) mass is 277 g/mol. The quantitative estimate of drug-likeness (QED) is 0.840. The van der Waals surface area contributed by atoms with E-state index in [0.29, 0.717) is 12.6 Å². The number of hydrogen-bond acceptors (Lipinski definition) is 3. The summed E-state index contributed by atoms with van der Waals surface area (Å²) >= 11 is 0. The van der Waals surface area contributed by atoms with Crippen LogP contribution in [0.25, 0.3) is 0 Å². The summed E-state index contributed by atoms with van der Waals surface area (Å²) in [7, 11) is 1.68. The van der Waals surface area contributed by atoms with E-state index in [-0.39, 0.29) is 0 Å². The van der Waals surface area contributed by atoms with Crippen molar-refractivity contribution >= 4 is 0 Å². The first-order valence-electron chi connectivity index (χ1n) is 7.70. The Bertz CT molecular complexity index is 396. The maximum absolute atomic E-state index is 10.5. The molecule has 0 saturated heterocycles. The van der Waals surface area contributed by atoms with Gasteiger partial charge < -0.3 is 15.2 Å². The molecule has 1 atom stereocenters. The van der Waals surface area contributed by atoms with Gasteiger partial charge in [-0.1, -0.05) is 31.4 Å². The molecule has 2 rings (SSSR count). The molecule has 1 aliphatic carbocycles. The fraction of sp³-hybridized carbons (Fsp3) is 0.647. The number of benzene rings is 1. The van der Waals surface area contributed by atoms with E-state index in [1.807, 2.05) is 12.1 Å². The lowest BCUT2D eigenvalue weighted by Gasteiger charge is -2.33. The molecule has 0 aromatic heterocycles. The molecule has 1 unspecified atom stereocenters. The summed E-state index contributed by atoms with van der Waals surface area (Å²) in [6.45, 7) is 2.89. The van der Waals surface area contributed by atoms with E-state index in [1.54, 1.807) is 7.11 Å². The highest BCUT2D eigenvalue weighted by Gasteiger charge is 2.28. The molecule has 3 heteroatoms. The maximum Gasteiger partial charge on any atom is 0.118 e. The van der Waals surface area contributed by atoms with E-state index in [4.69, 9.17) is 4.74 Å². The molecule has 0 amide bonds. The van der Waals surface area contributed by atoms with Crippen LogP contribution in [-0.4, -0.2) is 30.4 Å². The van der Waals surface area contributed by atoms with Gasteiger partial charge in [0.05, 0.1) is 12.7 Å². The fourth-order valence-corrected chi connectivity index (χ4v) is 2.94. The summed E-state index contributed by atoms with van der Waals surface area (Å²) in [4.78, 5) is 0. The Kier molecular flexibility index (Phi) is 5.44. The van der Waals surface area contributed by atoms with Crippen LogP contribution >= 0.6 is 0 Å². The standard InChI is InChI=1S/C17H27NO2/c1-14(12-15-6-8-16(20-2)9-7-15)18-13-17(19)10-4-3-5-11-17/h6-9,14,18-19H,3-5,10-13H2,1-2H3. The summed E-state index contributed by atoms with van der Waals surface area (Å²) < 4.78 is 5.17. The third-order valence-corrected chi connectivity index (χ3v) is 4.26. The molecule has 1 saturated carbocycles. The van der Waals surface area contributed by atoms with Gasteiger partial charge in [-0.3, -0.25) is 0 Å². The smallest absolute Gasteiger partial charge is 0.118 e. The minimum Gasteiger partial charge on any atom is -0.497 e. The van der Waals surface area contributed by atoms with Gasteiger partial charge in [-0.05, 0) is 43.9 Å². The topological polar surface area (TPSA) is 41.5 Å². The highest BCUT2D eigenvalue weighted by Crippen LogP contribution is 2.27. The van der Waals surface area contributed by atoms with Crippen molar-refractivity contribution < 1.29 is 9.84 Å². The summed E-state index contributed by atoms with van der Waals surface area (Å²) in [6.07, 6.45) is 6.43. The number of aliphatic hydroxyl groups is 1. The van der Waals surface area contributed by atoms with E-state index >= 15 is 0 Å². The Balaban J connectivity index is 1.78. The zero-order chi connectivity index (χ0) is 14.4. The molecule has 0 radical (unpaired) electrons. The van der Waals surface area contributed by atoms with Crippen molar-refractivity contribution in [1.29, 1.82) is 0 Å². The predicted molar refractivity (Wildman–Crippen MR) is 82.2 cm³/mol. The van der Waals surface area contributed by atoms with Crippen molar-refractivity contribution in [2.24, 2.45) is 0 Å². The zero-order valence-corrected chi connectivity index (χ0v) is 12.7. The molecule has 1 fully saturated rings. The Morgan fingerprint density at radius 1 is 1.20 bits per heavy atom. The number of nitrogens with one attached hydrogen (secondary N) is 1. The van der Waals surface area contributed by atoms with E-state index < -0.39 is 5.60 Å². The summed E-state index contributed by atoms with van der Waals surface area (Å²) in [6, 6.07) is 8.57. The van der Waals surface area contributed by atoms with Gasteiger partial charge in [-0.25, -0.2) is 0 Å². The first-order valence-corrected chi connectivity index (χ1v) is 7.70. The van der Waals surface area contributed by atoms with Crippen LogP contribution in [0.4, 0.5) is 0 Å². The molecular formula is C17H27NO2. The largest absolute Gasteiger partial charge is 0.497 e. The number of ether oxygens (including phenoxy) is 1. The van der Waals surface area contributed by atoms with Crippen LogP contribution in [0.1, 0.15) is 44.6 Å². The Labute approximate surface area is 122 Å². The molecule has 1 aromatic carbocycles. The second kappa shape index (κ2) is 7.09. The molecule has 2 N–H and O–H groups in total. The lowest BCUT2D eigenvalue weighted by molar-refractivity contribution is 0.00306. The lowest BCUT2D eigenvalue weighted by Crippen LogP contribution is -2.45. The van der Waals surface area contributed by atoms with Crippen LogP contribution in [0.2, 0.25) is 0 Å². The summed E-state index contributed by atoms with van der Waals surface area (Å²) in [5.41, 5.74) is 0.813. The molecular weight excluding hydrogens is 250 g/mol. The molecule has 1 aliphatic rings. The van der Waals surface area contributed by atoms with E-state index in [0.717, 1.165) is 37.9 Å². The highest BCUT2D eigenvalue weighted by atomic mass is 16.5. The molecule has 0 bridgehead atoms. The fourth-order valence-electron chi connectivity index (χ4n) is 2.94. The average molecular weight is 277 g/mol. The molecule has 112 valence electrons. The SMILES string of the molecule is COc1ccc(CC(C)NCC2(O)CCCCC2)cc1. The zero-order valence-electron chi connectivity index (χ0n) is 12.7. The second-order valence-corrected chi connectivity index (χ2v) is 6.12. The predicted octanol–water partition coefficient (Wildman–Crippen LogP) is 2.91. The molecule has 0 spiro atoms. The molecule has 0 heterocycles. The van der Waals surface area contributed by atoms with Crippen LogP contribution in [0.15, 0.2) is 24.3 Å². The molecule has 1 aromatic rings. The number of methoxy groups -OCH3 is 1. The van der Waals surface area contributed by atoms with Crippen LogP contribution in [0.5, 0.6) is 5.75 Å². The van der Waals surface area contributed by atoms with Crippen molar-refractivity contribution in [3.8, 4) is 5.75 Å². The van der Waals surface area contributed by atoms with Gasteiger partial charge in [-0.15, -0.1) is 0 Å². The lowest BCUT2D eigenvalue weighted by atomic mass is 9.84. The second-order valence-electron chi connectivity index (χ2n) is 6.12. The summed E-state index contributed by atoms with van der Waals surface area (Å²) in [5, 5.41) is 14.0. The van der Waals surface area contributed by atoms with Gasteiger partial charge in [-0.2, -0.15) is 0 Å². The third-order valence-electron chi connectivity index (χ3n) is 4.26. The van der Waals surface area contributed by atoms with Crippen molar-refractivity contribution in [2.45, 2.75) is 57.1 Å². The third kappa shape index (κ3) is 4.50. The average Bonchev–Trinajstić information content (AvgIpc) is 2.47. The molecule has 3 nitrogen and oxygen atoms in total. The van der Waals surface area contributed by atoms with Crippen molar-refractivity contribution in [1.82, 2.24) is 5.32 Å². The minimum atomic E-state index is -0.480. The Morgan fingerprint density at radius 3 is 2.45 bits per heavy atom. The summed E-state index contributed by atoms with van der Waals surface area (Å²) in [5.74, 6) is 0.894. The number of rotatable bonds is 6. The number of hydrogen-bond donors (Lipinski definition) is 2. The Morgan fingerprint density at radius 2 is 1.85 bits per heavy atom.